The van der Waals surface area contributed by atoms with Crippen LogP contribution in [-0.4, -0.2) is 218 Å². The van der Waals surface area contributed by atoms with Crippen LogP contribution in [0.3, 0.4) is 0 Å². The third-order valence-electron chi connectivity index (χ3n) is 22.9. The molecule has 34 nitrogen and oxygen atoms in total. The minimum atomic E-state index is -1.67. The highest BCUT2D eigenvalue weighted by atomic mass is 32.2. The average molecular weight is 1810 g/mol. The van der Waals surface area contributed by atoms with Gasteiger partial charge in [0.25, 0.3) is 0 Å². The minimum Gasteiger partial charge on any atom is -0.508 e. The lowest BCUT2D eigenvalue weighted by atomic mass is 9.87. The van der Waals surface area contributed by atoms with E-state index in [4.69, 9.17) is 34.4 Å². The molecule has 720 valence electrons. The van der Waals surface area contributed by atoms with Gasteiger partial charge < -0.3 is 97.0 Å². The number of unbranched alkanes of at least 4 members (excludes halogenated alkanes) is 15. The predicted molar refractivity (Wildman–Crippen MR) is 493 cm³/mol. The van der Waals surface area contributed by atoms with Crippen LogP contribution in [0, 0.1) is 47.3 Å². The Morgan fingerprint density at radius 1 is 0.480 bits per heavy atom. The van der Waals surface area contributed by atoms with Crippen LogP contribution >= 0.6 is 11.8 Å². The summed E-state index contributed by atoms with van der Waals surface area (Å²) in [6.07, 6.45) is 19.3. The number of Topliss-reactive ketones (excluding diaryl/α,β-unsaturated/α-hetero) is 6. The zero-order valence-corrected chi connectivity index (χ0v) is 77.9. The molecular weight excluding hydrogens is 1650 g/mol. The van der Waals surface area contributed by atoms with Crippen molar-refractivity contribution >= 4 is 99.7 Å². The van der Waals surface area contributed by atoms with Gasteiger partial charge in [-0.2, -0.15) is 11.8 Å². The average Bonchev–Trinajstić information content (AvgIpc) is 1.12. The van der Waals surface area contributed by atoms with Gasteiger partial charge in [0, 0.05) is 106 Å². The standard InChI is InChI=1S/C92H158N16O18S/c1-9-10-11-12-13-14-15-16-17-18-19-20-21-33-83(118)103-72(31-24-27-41-95)79(114)50-65(29-22-25-39-93)88(123)105-74(45-60(4)5)77(112)46-61(6)87(122)107-76(57-109)81(116)51-66(38-43-127-8)89(124)108-85(62(7)110)82(117)48-64(49-84(119)120)55-101-71(30-23-26-40-94)78(113)53-68(47-63-34-36-70(111)37-35-63)91(126)104-73(32-28-42-100-92(97)98)80(115)52-67(44-59(2)3)90(125)106-75(86(96)121)54-69-56-99-58-102-69/h34-37,56,58-62,64-68,71-76,85,101,109-111H,9-33,38-55,57,93-95H2,1-8H3,(H2,96,121)(H,99,102)(H,103,118)(H,104,126)(H,105,123)(H,106,125)(H,107,122)(H,108,124)(H,119,120)(H4,97,98,100)/t61-,62-,64+,65-,66-,67-,68-,71+,72+,73+,74+,75+,76+,85+/m1/s1. The number of hydrogen-bond acceptors (Lipinski definition) is 24. The highest BCUT2D eigenvalue weighted by Crippen LogP contribution is 2.27. The number of primary amides is 1. The number of benzene rings is 1. The molecule has 1 aromatic carbocycles. The van der Waals surface area contributed by atoms with Crippen LogP contribution < -0.4 is 71.6 Å². The molecule has 1 aromatic heterocycles. The van der Waals surface area contributed by atoms with Crippen molar-refractivity contribution in [1.82, 2.24) is 47.2 Å². The molecule has 0 aliphatic carbocycles. The molecule has 14 atom stereocenters. The topological polar surface area (TPSA) is 601 Å². The molecule has 7 amide bonds. The molecule has 2 rings (SSSR count). The Labute approximate surface area is 757 Å². The second kappa shape index (κ2) is 66.7. The first-order valence-corrected chi connectivity index (χ1v) is 47.8. The van der Waals surface area contributed by atoms with E-state index in [1.54, 1.807) is 18.4 Å². The van der Waals surface area contributed by atoms with Crippen molar-refractivity contribution in [2.75, 3.05) is 51.3 Å². The second-order valence-corrected chi connectivity index (χ2v) is 36.3. The quantitative estimate of drug-likeness (QED) is 0.0195. The van der Waals surface area contributed by atoms with Crippen molar-refractivity contribution in [3.8, 4) is 5.75 Å². The summed E-state index contributed by atoms with van der Waals surface area (Å²) in [4.78, 5) is 208. The smallest absolute Gasteiger partial charge is 0.303 e. The number of rotatable bonds is 78. The van der Waals surface area contributed by atoms with Crippen LogP contribution in [0.15, 0.2) is 41.8 Å². The number of carboxylic acid groups (broad SMARTS) is 1. The lowest BCUT2D eigenvalue weighted by Gasteiger charge is -2.27. The highest BCUT2D eigenvalue weighted by Gasteiger charge is 2.39. The number of phenolic OH excluding ortho intramolecular Hbond substituents is 1. The van der Waals surface area contributed by atoms with Crippen molar-refractivity contribution in [2.24, 2.45) is 86.7 Å². The molecule has 0 saturated carbocycles. The summed E-state index contributed by atoms with van der Waals surface area (Å²) in [6.45, 7) is 12.1. The molecule has 0 aliphatic heterocycles. The number of aromatic hydroxyl groups is 1. The van der Waals surface area contributed by atoms with E-state index in [1.165, 1.54) is 108 Å². The Balaban J connectivity index is 2.37. The van der Waals surface area contributed by atoms with E-state index in [1.807, 2.05) is 27.7 Å². The molecule has 0 spiro atoms. The molecule has 0 radical (unpaired) electrons. The number of ketones is 6. The van der Waals surface area contributed by atoms with Crippen LogP contribution in [0.5, 0.6) is 5.75 Å². The number of amides is 7. The lowest BCUT2D eigenvalue weighted by molar-refractivity contribution is -0.139. The van der Waals surface area contributed by atoms with E-state index in [-0.39, 0.29) is 125 Å². The number of H-pyrrole nitrogens is 1. The van der Waals surface area contributed by atoms with E-state index >= 15 is 0 Å². The van der Waals surface area contributed by atoms with Crippen molar-refractivity contribution in [3.05, 3.63) is 48.0 Å². The minimum absolute atomic E-state index is 0.0126. The van der Waals surface area contributed by atoms with E-state index in [2.05, 4.69) is 59.1 Å². The van der Waals surface area contributed by atoms with E-state index < -0.39 is 199 Å². The number of guanidine groups is 1. The fourth-order valence-electron chi connectivity index (χ4n) is 15.5. The van der Waals surface area contributed by atoms with Crippen LogP contribution in [-0.2, 0) is 80.0 Å². The SMILES string of the molecule is CCCCCCCCCCCCCCCC(=O)N[C@@H](CCCCN)C(=O)C[C@@H](CCCCN)C(=O)N[C@@H](CC(C)C)C(=O)C[C@@H](C)C(=O)N[C@@H](CO)C(=O)C[C@@H](CCSC)C(=O)N[C@H](C(=O)C[C@H](CN[C@@H](CCCCN)C(=O)C[C@@H](Cc1ccc(O)cc1)C(=O)N[C@@H](CCCN=C(N)N)C(=O)C[C@@H](CC(C)C)C(=O)N[C@@H](Cc1cnc[nH]1)C(N)=O)CC(=O)O)[C@@H](C)O. The van der Waals surface area contributed by atoms with Gasteiger partial charge >= 0.3 is 5.97 Å². The molecule has 127 heavy (non-hydrogen) atoms. The number of aromatic nitrogens is 2. The maximum absolute atomic E-state index is 14.9. The third kappa shape index (κ3) is 50.2. The number of nitrogens with zero attached hydrogens (tertiary/aromatic N) is 2. The number of aliphatic hydroxyl groups is 2. The van der Waals surface area contributed by atoms with Crippen molar-refractivity contribution in [2.45, 2.75) is 334 Å². The van der Waals surface area contributed by atoms with Gasteiger partial charge in [-0.3, -0.25) is 72.1 Å². The molecule has 2 aromatic rings. The number of carbonyl (C=O) groups excluding carboxylic acids is 13. The molecule has 0 unspecified atom stereocenters. The highest BCUT2D eigenvalue weighted by molar-refractivity contribution is 7.98. The summed E-state index contributed by atoms with van der Waals surface area (Å²) in [5.74, 6) is -16.3. The molecule has 0 bridgehead atoms. The number of aliphatic hydroxyl groups excluding tert-OH is 2. The maximum Gasteiger partial charge on any atom is 0.303 e. The van der Waals surface area contributed by atoms with Crippen LogP contribution in [0.2, 0.25) is 0 Å². The zero-order chi connectivity index (χ0) is 94.8. The Morgan fingerprint density at radius 3 is 1.48 bits per heavy atom. The van der Waals surface area contributed by atoms with Crippen molar-refractivity contribution < 1.29 is 87.5 Å². The zero-order valence-electron chi connectivity index (χ0n) is 77.1. The number of phenols is 1. The van der Waals surface area contributed by atoms with Gasteiger partial charge in [0.2, 0.25) is 41.4 Å². The number of carbonyl (C=O) groups is 14. The van der Waals surface area contributed by atoms with Crippen LogP contribution in [0.4, 0.5) is 0 Å². The molecular formula is C92H158N16O18S. The van der Waals surface area contributed by atoms with Gasteiger partial charge in [0.15, 0.2) is 40.7 Å². The normalized spacial score (nSPS) is 14.8. The summed E-state index contributed by atoms with van der Waals surface area (Å²) < 4.78 is 0. The summed E-state index contributed by atoms with van der Waals surface area (Å²) in [5, 5.41) is 61.9. The maximum atomic E-state index is 14.9. The summed E-state index contributed by atoms with van der Waals surface area (Å²) in [5.41, 5.74) is 35.6. The Hall–Kier alpha value is -8.61. The fraction of sp³-hybridized carbons (Fsp3) is 0.739. The van der Waals surface area contributed by atoms with E-state index in [9.17, 15) is 87.5 Å². The van der Waals surface area contributed by atoms with Gasteiger partial charge in [-0.1, -0.05) is 144 Å². The first kappa shape index (κ1) is 114. The monoisotopic (exact) mass is 1810 g/mol. The van der Waals surface area contributed by atoms with E-state index in [0.29, 0.717) is 81.5 Å². The van der Waals surface area contributed by atoms with Crippen LogP contribution in [0.25, 0.3) is 0 Å². The molecule has 0 saturated heterocycles. The van der Waals surface area contributed by atoms with Gasteiger partial charge in [-0.15, -0.1) is 0 Å². The number of aliphatic carboxylic acids is 1. The summed E-state index contributed by atoms with van der Waals surface area (Å²) in [7, 11) is 0. The third-order valence-corrected chi connectivity index (χ3v) is 23.6. The van der Waals surface area contributed by atoms with Gasteiger partial charge in [-0.05, 0) is 170 Å². The number of aliphatic imine (C=N–C) groups is 1. The molecule has 24 N–H and O–H groups in total. The molecule has 0 aliphatic rings. The summed E-state index contributed by atoms with van der Waals surface area (Å²) >= 11 is 1.33. The van der Waals surface area contributed by atoms with Gasteiger partial charge in [0.05, 0.1) is 43.2 Å². The number of aromatic amines is 1. The Morgan fingerprint density at radius 2 is 0.953 bits per heavy atom. The van der Waals surface area contributed by atoms with Gasteiger partial charge in [-0.25, -0.2) is 4.98 Å². The second-order valence-electron chi connectivity index (χ2n) is 35.3. The van der Waals surface area contributed by atoms with E-state index in [0.717, 1.165) is 19.3 Å². The Kier molecular flexibility index (Phi) is 60.1. The van der Waals surface area contributed by atoms with Crippen molar-refractivity contribution in [1.29, 1.82) is 0 Å². The van der Waals surface area contributed by atoms with Crippen LogP contribution in [0.1, 0.15) is 284 Å². The lowest BCUT2D eigenvalue weighted by Crippen LogP contribution is -2.52. The molecule has 35 heteroatoms. The largest absolute Gasteiger partial charge is 0.508 e. The first-order valence-electron chi connectivity index (χ1n) is 46.4. The number of nitrogens with two attached hydrogens (primary N) is 6. The number of nitrogens with one attached hydrogen (secondary N) is 8. The van der Waals surface area contributed by atoms with Gasteiger partial charge in [0.1, 0.15) is 23.9 Å². The Bertz CT molecular complexity index is 3620. The fourth-order valence-corrected chi connectivity index (χ4v) is 16.1. The molecule has 1 heterocycles. The van der Waals surface area contributed by atoms with Crippen molar-refractivity contribution in [3.63, 3.8) is 0 Å². The number of hydrogen-bond donors (Lipinski definition) is 18. The number of imidazole rings is 1. The number of carboxylic acids is 1. The first-order chi connectivity index (χ1) is 60.5. The summed E-state index contributed by atoms with van der Waals surface area (Å²) in [6, 6.07) is -2.83. The predicted octanol–water partition coefficient (Wildman–Crippen LogP) is 6.34. The molecule has 0 fully saturated rings. The number of thioether (sulfide) groups is 1.